The van der Waals surface area contributed by atoms with Crippen LogP contribution >= 0.6 is 0 Å². The number of para-hydroxylation sites is 1. The van der Waals surface area contributed by atoms with Gasteiger partial charge in [0.1, 0.15) is 11.5 Å². The van der Waals surface area contributed by atoms with Crippen LogP contribution in [0.25, 0.3) is 5.69 Å². The van der Waals surface area contributed by atoms with E-state index in [1.165, 1.54) is 0 Å². The van der Waals surface area contributed by atoms with Crippen molar-refractivity contribution < 1.29 is 14.6 Å². The first-order chi connectivity index (χ1) is 16.4. The van der Waals surface area contributed by atoms with Crippen molar-refractivity contribution in [2.75, 3.05) is 20.2 Å². The highest BCUT2D eigenvalue weighted by atomic mass is 16.5. The summed E-state index contributed by atoms with van der Waals surface area (Å²) in [5.41, 5.74) is 2.85. The van der Waals surface area contributed by atoms with Crippen molar-refractivity contribution in [3.8, 4) is 23.1 Å². The quantitative estimate of drug-likeness (QED) is 0.326. The van der Waals surface area contributed by atoms with Crippen molar-refractivity contribution in [3.63, 3.8) is 0 Å². The summed E-state index contributed by atoms with van der Waals surface area (Å²) >= 11 is 0. The second-order valence-electron chi connectivity index (χ2n) is 9.00. The highest BCUT2D eigenvalue weighted by Gasteiger charge is 2.23. The van der Waals surface area contributed by atoms with Crippen LogP contribution in [0.2, 0.25) is 0 Å². The molecular weight excluding hydrogens is 426 g/mol. The predicted octanol–water partition coefficient (Wildman–Crippen LogP) is 5.77. The fourth-order valence-electron chi connectivity index (χ4n) is 3.97. The SMILES string of the molecule is C=CCC[C@@H](O)CN(Cc1c(C)nn(-c2ccccc2)c1Oc1ccc(OC)cc1)CC(C)C. The fourth-order valence-corrected chi connectivity index (χ4v) is 3.97. The average molecular weight is 464 g/mol. The van der Waals surface area contributed by atoms with Gasteiger partial charge in [0.15, 0.2) is 0 Å². The Balaban J connectivity index is 1.96. The van der Waals surface area contributed by atoms with Gasteiger partial charge < -0.3 is 14.6 Å². The molecule has 0 bridgehead atoms. The van der Waals surface area contributed by atoms with Gasteiger partial charge in [-0.25, -0.2) is 4.68 Å². The second-order valence-corrected chi connectivity index (χ2v) is 9.00. The van der Waals surface area contributed by atoms with Crippen molar-refractivity contribution in [1.82, 2.24) is 14.7 Å². The number of allylic oxidation sites excluding steroid dienone is 1. The summed E-state index contributed by atoms with van der Waals surface area (Å²) in [6.45, 7) is 12.3. The molecule has 0 aliphatic heterocycles. The molecule has 1 atom stereocenters. The topological polar surface area (TPSA) is 59.8 Å². The first kappa shape index (κ1) is 25.5. The standard InChI is InChI=1S/C28H37N3O3/c1-6-7-13-24(32)19-30(18-21(2)3)20-27-22(4)29-31(23-11-9-8-10-12-23)28(27)34-26-16-14-25(33-5)15-17-26/h6,8-12,14-17,21,24,32H,1,7,13,18-20H2,2-5H3/t24-/m1/s1. The smallest absolute Gasteiger partial charge is 0.227 e. The molecular formula is C28H37N3O3. The Morgan fingerprint density at radius 3 is 2.35 bits per heavy atom. The number of aliphatic hydroxyl groups excluding tert-OH is 1. The van der Waals surface area contributed by atoms with Crippen LogP contribution in [0.5, 0.6) is 17.4 Å². The number of aliphatic hydroxyl groups is 1. The van der Waals surface area contributed by atoms with Gasteiger partial charge in [-0.1, -0.05) is 38.1 Å². The molecule has 1 aromatic heterocycles. The predicted molar refractivity (Wildman–Crippen MR) is 137 cm³/mol. The summed E-state index contributed by atoms with van der Waals surface area (Å²) in [4.78, 5) is 2.29. The van der Waals surface area contributed by atoms with Crippen LogP contribution in [0.1, 0.15) is 37.9 Å². The lowest BCUT2D eigenvalue weighted by molar-refractivity contribution is 0.0952. The van der Waals surface area contributed by atoms with Gasteiger partial charge in [0.25, 0.3) is 0 Å². The molecule has 0 radical (unpaired) electrons. The summed E-state index contributed by atoms with van der Waals surface area (Å²) in [6, 6.07) is 17.5. The molecule has 1 heterocycles. The average Bonchev–Trinajstić information content (AvgIpc) is 3.13. The van der Waals surface area contributed by atoms with E-state index in [0.717, 1.165) is 35.7 Å². The van der Waals surface area contributed by atoms with E-state index in [1.54, 1.807) is 7.11 Å². The van der Waals surface area contributed by atoms with Gasteiger partial charge >= 0.3 is 0 Å². The van der Waals surface area contributed by atoms with Crippen molar-refractivity contribution in [3.05, 3.63) is 78.5 Å². The largest absolute Gasteiger partial charge is 0.497 e. The lowest BCUT2D eigenvalue weighted by Gasteiger charge is -2.27. The summed E-state index contributed by atoms with van der Waals surface area (Å²) in [6.07, 6.45) is 2.95. The van der Waals surface area contributed by atoms with Crippen molar-refractivity contribution in [1.29, 1.82) is 0 Å². The lowest BCUT2D eigenvalue weighted by Crippen LogP contribution is -2.35. The van der Waals surface area contributed by atoms with Crippen LogP contribution in [0.4, 0.5) is 0 Å². The zero-order chi connectivity index (χ0) is 24.5. The van der Waals surface area contributed by atoms with Crippen LogP contribution in [0.15, 0.2) is 67.3 Å². The number of ether oxygens (including phenoxy) is 2. The van der Waals surface area contributed by atoms with Gasteiger partial charge in [0.2, 0.25) is 5.88 Å². The maximum atomic E-state index is 10.6. The van der Waals surface area contributed by atoms with Crippen LogP contribution < -0.4 is 9.47 Å². The zero-order valence-corrected chi connectivity index (χ0v) is 20.8. The molecule has 6 heteroatoms. The summed E-state index contributed by atoms with van der Waals surface area (Å²) in [5, 5.41) is 15.4. The molecule has 3 aromatic rings. The molecule has 2 aromatic carbocycles. The Hall–Kier alpha value is -3.09. The van der Waals surface area contributed by atoms with Crippen LogP contribution in [-0.2, 0) is 6.54 Å². The number of hydrogen-bond donors (Lipinski definition) is 1. The van der Waals surface area contributed by atoms with Crippen molar-refractivity contribution in [2.24, 2.45) is 5.92 Å². The maximum Gasteiger partial charge on any atom is 0.227 e. The molecule has 0 aliphatic rings. The number of hydrogen-bond acceptors (Lipinski definition) is 5. The molecule has 0 saturated heterocycles. The third-order valence-electron chi connectivity index (χ3n) is 5.59. The number of methoxy groups -OCH3 is 1. The highest BCUT2D eigenvalue weighted by Crippen LogP contribution is 2.32. The molecule has 34 heavy (non-hydrogen) atoms. The first-order valence-electron chi connectivity index (χ1n) is 11.9. The van der Waals surface area contributed by atoms with E-state index in [1.807, 2.05) is 72.3 Å². The normalized spacial score (nSPS) is 12.2. The van der Waals surface area contributed by atoms with Gasteiger partial charge in [-0.3, -0.25) is 4.90 Å². The highest BCUT2D eigenvalue weighted by molar-refractivity contribution is 5.44. The lowest BCUT2D eigenvalue weighted by atomic mass is 10.1. The molecule has 0 aliphatic carbocycles. The molecule has 0 fully saturated rings. The molecule has 0 unspecified atom stereocenters. The zero-order valence-electron chi connectivity index (χ0n) is 20.8. The van der Waals surface area contributed by atoms with E-state index in [0.29, 0.717) is 37.1 Å². The van der Waals surface area contributed by atoms with Gasteiger partial charge in [0, 0.05) is 19.6 Å². The summed E-state index contributed by atoms with van der Waals surface area (Å²) in [7, 11) is 1.65. The molecule has 0 spiro atoms. The van der Waals surface area contributed by atoms with E-state index in [2.05, 4.69) is 25.3 Å². The number of nitrogens with zero attached hydrogens (tertiary/aromatic N) is 3. The Bertz CT molecular complexity index is 1030. The molecule has 1 N–H and O–H groups in total. The number of rotatable bonds is 13. The molecule has 3 rings (SSSR count). The van der Waals surface area contributed by atoms with Crippen LogP contribution in [0.3, 0.4) is 0 Å². The molecule has 182 valence electrons. The molecule has 6 nitrogen and oxygen atoms in total. The molecule has 0 amide bonds. The number of benzene rings is 2. The number of aryl methyl sites for hydroxylation is 1. The second kappa shape index (κ2) is 12.4. The van der Waals surface area contributed by atoms with E-state index >= 15 is 0 Å². The van der Waals surface area contributed by atoms with E-state index < -0.39 is 6.10 Å². The minimum atomic E-state index is -0.410. The Morgan fingerprint density at radius 1 is 1.06 bits per heavy atom. The summed E-state index contributed by atoms with van der Waals surface area (Å²) in [5.74, 6) is 2.63. The van der Waals surface area contributed by atoms with E-state index in [-0.39, 0.29) is 0 Å². The van der Waals surface area contributed by atoms with Gasteiger partial charge in [-0.05, 0) is 62.1 Å². The molecule has 0 saturated carbocycles. The third kappa shape index (κ3) is 6.95. The fraction of sp³-hybridized carbons (Fsp3) is 0.393. The van der Waals surface area contributed by atoms with Gasteiger partial charge in [0.05, 0.1) is 30.2 Å². The Kier molecular flexibility index (Phi) is 9.31. The maximum absolute atomic E-state index is 10.6. The Labute approximate surface area is 203 Å². The van der Waals surface area contributed by atoms with Gasteiger partial charge in [-0.2, -0.15) is 5.10 Å². The van der Waals surface area contributed by atoms with Crippen molar-refractivity contribution >= 4 is 0 Å². The minimum Gasteiger partial charge on any atom is -0.497 e. The van der Waals surface area contributed by atoms with Gasteiger partial charge in [-0.15, -0.1) is 6.58 Å². The van der Waals surface area contributed by atoms with Crippen LogP contribution in [0, 0.1) is 12.8 Å². The Morgan fingerprint density at radius 2 is 1.74 bits per heavy atom. The monoisotopic (exact) mass is 463 g/mol. The first-order valence-corrected chi connectivity index (χ1v) is 11.9. The number of aromatic nitrogens is 2. The van der Waals surface area contributed by atoms with Crippen molar-refractivity contribution in [2.45, 2.75) is 46.3 Å². The van der Waals surface area contributed by atoms with Crippen LogP contribution in [-0.4, -0.2) is 46.1 Å². The van der Waals surface area contributed by atoms with E-state index in [9.17, 15) is 5.11 Å². The minimum absolute atomic E-state index is 0.410. The van der Waals surface area contributed by atoms with E-state index in [4.69, 9.17) is 14.6 Å². The summed E-state index contributed by atoms with van der Waals surface area (Å²) < 4.78 is 13.6. The third-order valence-corrected chi connectivity index (χ3v) is 5.59.